The number of nitrogens with zero attached hydrogens (tertiary/aromatic N) is 2. The van der Waals surface area contributed by atoms with Crippen molar-refractivity contribution in [3.05, 3.63) is 71.8 Å². The smallest absolute Gasteiger partial charge is 0.317 e. The fourth-order valence-electron chi connectivity index (χ4n) is 4.55. The van der Waals surface area contributed by atoms with E-state index in [0.717, 1.165) is 38.8 Å². The lowest BCUT2D eigenvalue weighted by molar-refractivity contribution is -0.140. The minimum Gasteiger partial charge on any atom is -0.469 e. The van der Waals surface area contributed by atoms with Gasteiger partial charge in [-0.05, 0) is 30.9 Å². The summed E-state index contributed by atoms with van der Waals surface area (Å²) in [6, 6.07) is 21.6. The molecule has 0 aromatic heterocycles. The number of piperazine rings is 1. The summed E-state index contributed by atoms with van der Waals surface area (Å²) in [5.41, 5.74) is 2.56. The number of amides is 2. The van der Waals surface area contributed by atoms with Crippen molar-refractivity contribution < 1.29 is 14.3 Å². The lowest BCUT2D eigenvalue weighted by Gasteiger charge is -2.43. The third kappa shape index (κ3) is 7.32. The minimum atomic E-state index is -0.154. The van der Waals surface area contributed by atoms with Crippen LogP contribution in [0, 0.1) is 0 Å². The van der Waals surface area contributed by atoms with Crippen molar-refractivity contribution in [3.63, 3.8) is 0 Å². The van der Waals surface area contributed by atoms with Gasteiger partial charge in [0.15, 0.2) is 0 Å². The second-order valence-corrected chi connectivity index (χ2v) is 8.73. The molecule has 1 saturated heterocycles. The maximum absolute atomic E-state index is 12.8. The molecule has 178 valence electrons. The largest absolute Gasteiger partial charge is 0.469 e. The van der Waals surface area contributed by atoms with Crippen LogP contribution in [-0.2, 0) is 9.53 Å². The molecule has 0 radical (unpaired) electrons. The van der Waals surface area contributed by atoms with Crippen LogP contribution in [-0.4, -0.2) is 61.1 Å². The van der Waals surface area contributed by atoms with E-state index < -0.39 is 0 Å². The van der Waals surface area contributed by atoms with Crippen LogP contribution < -0.4 is 5.32 Å². The van der Waals surface area contributed by atoms with Crippen LogP contribution in [0.5, 0.6) is 0 Å². The molecule has 3 rings (SSSR count). The molecule has 0 bridgehead atoms. The van der Waals surface area contributed by atoms with Crippen LogP contribution in [0.4, 0.5) is 4.79 Å². The Balaban J connectivity index is 1.49. The van der Waals surface area contributed by atoms with E-state index in [0.29, 0.717) is 19.5 Å². The second kappa shape index (κ2) is 13.0. The summed E-state index contributed by atoms with van der Waals surface area (Å²) in [4.78, 5) is 28.4. The van der Waals surface area contributed by atoms with Gasteiger partial charge in [0.05, 0.1) is 13.2 Å². The van der Waals surface area contributed by atoms with Crippen molar-refractivity contribution >= 4 is 12.0 Å². The van der Waals surface area contributed by atoms with Gasteiger partial charge in [0.2, 0.25) is 0 Å². The number of carbonyl (C=O) groups is 2. The molecule has 1 atom stereocenters. The molecule has 2 amide bonds. The summed E-state index contributed by atoms with van der Waals surface area (Å²) in [6.07, 6.45) is 4.20. The highest BCUT2D eigenvalue weighted by Crippen LogP contribution is 2.30. The summed E-state index contributed by atoms with van der Waals surface area (Å²) >= 11 is 0. The summed E-state index contributed by atoms with van der Waals surface area (Å²) in [7, 11) is 1.42. The number of rotatable bonds is 10. The molecule has 33 heavy (non-hydrogen) atoms. The van der Waals surface area contributed by atoms with Gasteiger partial charge in [-0.1, -0.05) is 73.5 Å². The zero-order valence-corrected chi connectivity index (χ0v) is 19.9. The number of nitrogens with one attached hydrogen (secondary N) is 1. The molecule has 0 spiro atoms. The average molecular weight is 452 g/mol. The van der Waals surface area contributed by atoms with Crippen LogP contribution in [0.2, 0.25) is 0 Å². The lowest BCUT2D eigenvalue weighted by Crippen LogP contribution is -2.57. The van der Waals surface area contributed by atoms with Crippen LogP contribution in [0.3, 0.4) is 0 Å². The first-order valence-corrected chi connectivity index (χ1v) is 12.1. The third-order valence-electron chi connectivity index (χ3n) is 6.33. The number of esters is 1. The quantitative estimate of drug-likeness (QED) is 0.423. The Labute approximate surface area is 197 Å². The van der Waals surface area contributed by atoms with Crippen molar-refractivity contribution in [2.24, 2.45) is 0 Å². The van der Waals surface area contributed by atoms with E-state index in [4.69, 9.17) is 0 Å². The van der Waals surface area contributed by atoms with E-state index >= 15 is 0 Å². The minimum absolute atomic E-state index is 0.0210. The van der Waals surface area contributed by atoms with E-state index in [-0.39, 0.29) is 24.1 Å². The predicted octanol–water partition coefficient (Wildman–Crippen LogP) is 4.62. The third-order valence-corrected chi connectivity index (χ3v) is 6.33. The van der Waals surface area contributed by atoms with Gasteiger partial charge in [-0.25, -0.2) is 4.79 Å². The Morgan fingerprint density at radius 3 is 2.12 bits per heavy atom. The fraction of sp³-hybridized carbons (Fsp3) is 0.481. The van der Waals surface area contributed by atoms with Crippen molar-refractivity contribution in [3.8, 4) is 0 Å². The molecular formula is C27H37N3O3. The van der Waals surface area contributed by atoms with E-state index in [2.05, 4.69) is 82.5 Å². The van der Waals surface area contributed by atoms with Gasteiger partial charge >= 0.3 is 12.0 Å². The van der Waals surface area contributed by atoms with Gasteiger partial charge in [0, 0.05) is 38.6 Å². The summed E-state index contributed by atoms with van der Waals surface area (Å²) in [6.45, 7) is 5.17. The van der Waals surface area contributed by atoms with Crippen molar-refractivity contribution in [2.45, 2.75) is 51.1 Å². The number of benzene rings is 2. The molecule has 0 unspecified atom stereocenters. The van der Waals surface area contributed by atoms with Crippen LogP contribution in [0.25, 0.3) is 0 Å². The number of unbranched alkanes of at least 4 members (excludes halogenated alkanes) is 3. The molecule has 2 aromatic carbocycles. The van der Waals surface area contributed by atoms with Gasteiger partial charge in [0.1, 0.15) is 0 Å². The molecule has 1 N–H and O–H groups in total. The number of hydrogen-bond donors (Lipinski definition) is 1. The molecule has 0 saturated carbocycles. The molecule has 6 nitrogen and oxygen atoms in total. The first-order valence-electron chi connectivity index (χ1n) is 12.1. The number of carbonyl (C=O) groups excluding carboxylic acids is 2. The Morgan fingerprint density at radius 2 is 1.55 bits per heavy atom. The molecule has 1 aliphatic heterocycles. The summed E-state index contributed by atoms with van der Waals surface area (Å²) < 4.78 is 4.65. The van der Waals surface area contributed by atoms with Crippen LogP contribution in [0.15, 0.2) is 60.7 Å². The highest BCUT2D eigenvalue weighted by atomic mass is 16.5. The average Bonchev–Trinajstić information content (AvgIpc) is 2.84. The molecule has 0 aliphatic carbocycles. The monoisotopic (exact) mass is 451 g/mol. The van der Waals surface area contributed by atoms with E-state index in [1.807, 2.05) is 4.90 Å². The van der Waals surface area contributed by atoms with Gasteiger partial charge in [-0.15, -0.1) is 0 Å². The SMILES string of the molecule is COC(=O)CCCCCCNC(=O)N1CCN(C(c2ccccc2)c2ccccc2)C[C@H]1C. The number of ether oxygens (including phenoxy) is 1. The topological polar surface area (TPSA) is 61.9 Å². The van der Waals surface area contributed by atoms with Gasteiger partial charge in [-0.2, -0.15) is 0 Å². The van der Waals surface area contributed by atoms with Gasteiger partial charge in [-0.3, -0.25) is 9.69 Å². The lowest BCUT2D eigenvalue weighted by atomic mass is 9.95. The number of methoxy groups -OCH3 is 1. The zero-order valence-electron chi connectivity index (χ0n) is 19.9. The summed E-state index contributed by atoms with van der Waals surface area (Å²) in [5, 5.41) is 3.08. The molecule has 1 heterocycles. The predicted molar refractivity (Wildman–Crippen MR) is 131 cm³/mol. The Hall–Kier alpha value is -2.86. The summed E-state index contributed by atoms with van der Waals surface area (Å²) in [5.74, 6) is -0.154. The Bertz CT molecular complexity index is 820. The first kappa shape index (κ1) is 24.8. The molecular weight excluding hydrogens is 414 g/mol. The van der Waals surface area contributed by atoms with Crippen LogP contribution >= 0.6 is 0 Å². The van der Waals surface area contributed by atoms with E-state index in [9.17, 15) is 9.59 Å². The Morgan fingerprint density at radius 1 is 0.939 bits per heavy atom. The molecule has 6 heteroatoms. The number of hydrogen-bond acceptors (Lipinski definition) is 4. The molecule has 1 fully saturated rings. The highest BCUT2D eigenvalue weighted by Gasteiger charge is 2.32. The van der Waals surface area contributed by atoms with Crippen LogP contribution in [0.1, 0.15) is 56.2 Å². The fourth-order valence-corrected chi connectivity index (χ4v) is 4.55. The van der Waals surface area contributed by atoms with E-state index in [1.54, 1.807) is 0 Å². The maximum atomic E-state index is 12.8. The van der Waals surface area contributed by atoms with Crippen molar-refractivity contribution in [2.75, 3.05) is 33.3 Å². The van der Waals surface area contributed by atoms with Crippen molar-refractivity contribution in [1.82, 2.24) is 15.1 Å². The molecule has 1 aliphatic rings. The standard InChI is InChI=1S/C27H37N3O3/c1-22-21-29(26(23-13-7-5-8-14-23)24-15-9-6-10-16-24)19-20-30(22)27(32)28-18-12-4-3-11-17-25(31)33-2/h5-10,13-16,22,26H,3-4,11-12,17-21H2,1-2H3,(H,28,32)/t22-/m1/s1. The van der Waals surface area contributed by atoms with Gasteiger partial charge in [0.25, 0.3) is 0 Å². The Kier molecular flexibility index (Phi) is 9.76. The molecule has 2 aromatic rings. The number of urea groups is 1. The maximum Gasteiger partial charge on any atom is 0.317 e. The van der Waals surface area contributed by atoms with Gasteiger partial charge < -0.3 is 15.0 Å². The van der Waals surface area contributed by atoms with E-state index in [1.165, 1.54) is 18.2 Å². The first-order chi connectivity index (χ1) is 16.1. The second-order valence-electron chi connectivity index (χ2n) is 8.73. The highest BCUT2D eigenvalue weighted by molar-refractivity contribution is 5.74. The van der Waals surface area contributed by atoms with Crippen molar-refractivity contribution in [1.29, 1.82) is 0 Å². The normalized spacial score (nSPS) is 16.6. The zero-order chi connectivity index (χ0) is 23.5.